The van der Waals surface area contributed by atoms with Crippen LogP contribution < -0.4 is 5.32 Å². The molecule has 0 saturated carbocycles. The van der Waals surface area contributed by atoms with Crippen LogP contribution in [-0.4, -0.2) is 15.9 Å². The minimum absolute atomic E-state index is 0.00661. The number of anilines is 1. The van der Waals surface area contributed by atoms with Gasteiger partial charge in [0.2, 0.25) is 0 Å². The summed E-state index contributed by atoms with van der Waals surface area (Å²) >= 11 is 5.77. The molecule has 5 nitrogen and oxygen atoms in total. The number of amides is 1. The van der Waals surface area contributed by atoms with Crippen molar-refractivity contribution < 1.29 is 13.6 Å². The van der Waals surface area contributed by atoms with E-state index in [1.165, 1.54) is 30.8 Å². The predicted octanol–water partition coefficient (Wildman–Crippen LogP) is 3.78. The molecule has 0 saturated heterocycles. The zero-order valence-corrected chi connectivity index (χ0v) is 11.8. The van der Waals surface area contributed by atoms with Crippen LogP contribution in [0.3, 0.4) is 0 Å². The summed E-state index contributed by atoms with van der Waals surface area (Å²) in [6, 6.07) is 6.02. The number of carbonyl (C=O) groups excluding carboxylic acids is 1. The SMILES string of the molecule is O=C(Nc1ncco1)c1cncc(-c2ccc(F)c(Cl)c2)c1. The van der Waals surface area contributed by atoms with Crippen LogP contribution in [0.15, 0.2) is 53.5 Å². The Balaban J connectivity index is 1.88. The van der Waals surface area contributed by atoms with E-state index in [4.69, 9.17) is 16.0 Å². The minimum atomic E-state index is -0.504. The van der Waals surface area contributed by atoms with E-state index in [2.05, 4.69) is 15.3 Å². The summed E-state index contributed by atoms with van der Waals surface area (Å²) in [4.78, 5) is 19.9. The van der Waals surface area contributed by atoms with E-state index in [-0.39, 0.29) is 11.0 Å². The van der Waals surface area contributed by atoms with Crippen LogP contribution in [0.25, 0.3) is 11.1 Å². The minimum Gasteiger partial charge on any atom is -0.432 e. The van der Waals surface area contributed by atoms with Crippen molar-refractivity contribution in [1.29, 1.82) is 0 Å². The second kappa shape index (κ2) is 5.95. The van der Waals surface area contributed by atoms with E-state index in [9.17, 15) is 9.18 Å². The number of benzene rings is 1. The average molecular weight is 318 g/mol. The van der Waals surface area contributed by atoms with Gasteiger partial charge in [0.05, 0.1) is 16.8 Å². The van der Waals surface area contributed by atoms with Crippen molar-refractivity contribution >= 4 is 23.5 Å². The van der Waals surface area contributed by atoms with E-state index in [0.29, 0.717) is 16.7 Å². The molecule has 0 aliphatic rings. The monoisotopic (exact) mass is 317 g/mol. The second-order valence-corrected chi connectivity index (χ2v) is 4.79. The lowest BCUT2D eigenvalue weighted by Gasteiger charge is -2.05. The van der Waals surface area contributed by atoms with Crippen LogP contribution in [0.4, 0.5) is 10.4 Å². The Morgan fingerprint density at radius 1 is 1.23 bits per heavy atom. The molecule has 0 aliphatic carbocycles. The molecule has 0 atom stereocenters. The molecule has 110 valence electrons. The molecule has 7 heteroatoms. The van der Waals surface area contributed by atoms with Gasteiger partial charge in [0, 0.05) is 18.0 Å². The van der Waals surface area contributed by atoms with Crippen molar-refractivity contribution in [2.75, 3.05) is 5.32 Å². The Kier molecular flexibility index (Phi) is 3.84. The van der Waals surface area contributed by atoms with Crippen LogP contribution in [0.1, 0.15) is 10.4 Å². The maximum Gasteiger partial charge on any atom is 0.301 e. The summed E-state index contributed by atoms with van der Waals surface area (Å²) in [5.41, 5.74) is 1.61. The third-order valence-electron chi connectivity index (χ3n) is 2.91. The number of nitrogens with zero attached hydrogens (tertiary/aromatic N) is 2. The molecule has 0 radical (unpaired) electrons. The van der Waals surface area contributed by atoms with Crippen LogP contribution in [0.2, 0.25) is 5.02 Å². The van der Waals surface area contributed by atoms with Crippen LogP contribution in [0.5, 0.6) is 0 Å². The Bertz CT molecular complexity index is 821. The van der Waals surface area contributed by atoms with Gasteiger partial charge in [0.25, 0.3) is 5.91 Å². The first-order valence-electron chi connectivity index (χ1n) is 6.25. The normalized spacial score (nSPS) is 10.5. The first kappa shape index (κ1) is 14.2. The predicted molar refractivity (Wildman–Crippen MR) is 79.1 cm³/mol. The van der Waals surface area contributed by atoms with Crippen molar-refractivity contribution in [3.63, 3.8) is 0 Å². The molecule has 0 aliphatic heterocycles. The number of pyridine rings is 1. The number of carbonyl (C=O) groups is 1. The number of rotatable bonds is 3. The first-order chi connectivity index (χ1) is 10.6. The molecule has 1 N–H and O–H groups in total. The molecule has 0 fully saturated rings. The zero-order valence-electron chi connectivity index (χ0n) is 11.1. The number of oxazole rings is 1. The van der Waals surface area contributed by atoms with Gasteiger partial charge in [-0.25, -0.2) is 9.37 Å². The summed E-state index contributed by atoms with van der Waals surface area (Å²) in [6.45, 7) is 0. The maximum absolute atomic E-state index is 13.2. The average Bonchev–Trinajstić information content (AvgIpc) is 3.03. The van der Waals surface area contributed by atoms with Gasteiger partial charge in [-0.3, -0.25) is 15.1 Å². The summed E-state index contributed by atoms with van der Waals surface area (Å²) in [7, 11) is 0. The fourth-order valence-electron chi connectivity index (χ4n) is 1.85. The highest BCUT2D eigenvalue weighted by Gasteiger charge is 2.11. The first-order valence-corrected chi connectivity index (χ1v) is 6.62. The summed E-state index contributed by atoms with van der Waals surface area (Å²) in [6.07, 6.45) is 5.74. The van der Waals surface area contributed by atoms with E-state index in [0.717, 1.165) is 0 Å². The third kappa shape index (κ3) is 2.96. The number of hydrogen-bond donors (Lipinski definition) is 1. The van der Waals surface area contributed by atoms with E-state index in [1.54, 1.807) is 18.3 Å². The van der Waals surface area contributed by atoms with Gasteiger partial charge in [-0.15, -0.1) is 0 Å². The Labute approximate surface area is 129 Å². The summed E-state index contributed by atoms with van der Waals surface area (Å²) < 4.78 is 18.2. The largest absolute Gasteiger partial charge is 0.432 e. The van der Waals surface area contributed by atoms with Gasteiger partial charge in [-0.1, -0.05) is 17.7 Å². The number of hydrogen-bond acceptors (Lipinski definition) is 4. The number of aromatic nitrogens is 2. The standard InChI is InChI=1S/C15H9ClFN3O2/c16-12-6-9(1-2-13(12)17)10-5-11(8-18-7-10)14(21)20-15-19-3-4-22-15/h1-8H,(H,19,20,21). The van der Waals surface area contributed by atoms with Crippen molar-refractivity contribution in [3.8, 4) is 11.1 Å². The van der Waals surface area contributed by atoms with Gasteiger partial charge >= 0.3 is 6.01 Å². The molecule has 0 bridgehead atoms. The molecule has 0 spiro atoms. The molecule has 0 unspecified atom stereocenters. The molecule has 2 aromatic heterocycles. The Morgan fingerprint density at radius 3 is 2.82 bits per heavy atom. The lowest BCUT2D eigenvalue weighted by molar-refractivity contribution is 0.102. The molecular weight excluding hydrogens is 309 g/mol. The van der Waals surface area contributed by atoms with Gasteiger partial charge in [0.1, 0.15) is 12.1 Å². The van der Waals surface area contributed by atoms with Crippen LogP contribution >= 0.6 is 11.6 Å². The highest BCUT2D eigenvalue weighted by molar-refractivity contribution is 6.31. The molecule has 1 amide bonds. The quantitative estimate of drug-likeness (QED) is 0.798. The Hall–Kier alpha value is -2.73. The van der Waals surface area contributed by atoms with Gasteiger partial charge < -0.3 is 4.42 Å². The Morgan fingerprint density at radius 2 is 2.09 bits per heavy atom. The van der Waals surface area contributed by atoms with E-state index >= 15 is 0 Å². The number of halogens is 2. The van der Waals surface area contributed by atoms with E-state index in [1.807, 2.05) is 0 Å². The molecule has 3 aromatic rings. The smallest absolute Gasteiger partial charge is 0.301 e. The zero-order chi connectivity index (χ0) is 15.5. The van der Waals surface area contributed by atoms with Gasteiger partial charge in [-0.2, -0.15) is 0 Å². The fraction of sp³-hybridized carbons (Fsp3) is 0. The highest BCUT2D eigenvalue weighted by atomic mass is 35.5. The van der Waals surface area contributed by atoms with Crippen molar-refractivity contribution in [1.82, 2.24) is 9.97 Å². The van der Waals surface area contributed by atoms with Gasteiger partial charge in [0.15, 0.2) is 0 Å². The highest BCUT2D eigenvalue weighted by Crippen LogP contribution is 2.25. The van der Waals surface area contributed by atoms with Gasteiger partial charge in [-0.05, 0) is 23.8 Å². The maximum atomic E-state index is 13.2. The fourth-order valence-corrected chi connectivity index (χ4v) is 2.03. The van der Waals surface area contributed by atoms with Crippen LogP contribution in [0, 0.1) is 5.82 Å². The van der Waals surface area contributed by atoms with Crippen LogP contribution in [-0.2, 0) is 0 Å². The molecule has 3 rings (SSSR count). The topological polar surface area (TPSA) is 68.0 Å². The second-order valence-electron chi connectivity index (χ2n) is 4.38. The lowest BCUT2D eigenvalue weighted by Crippen LogP contribution is -2.12. The summed E-state index contributed by atoms with van der Waals surface area (Å²) in [5, 5.41) is 2.50. The van der Waals surface area contributed by atoms with Crippen molar-refractivity contribution in [2.45, 2.75) is 0 Å². The molecule has 1 aromatic carbocycles. The molecule has 2 heterocycles. The lowest BCUT2D eigenvalue weighted by atomic mass is 10.1. The third-order valence-corrected chi connectivity index (χ3v) is 3.20. The number of nitrogens with one attached hydrogen (secondary N) is 1. The van der Waals surface area contributed by atoms with Crippen molar-refractivity contribution in [2.24, 2.45) is 0 Å². The molecular formula is C15H9ClFN3O2. The summed E-state index contributed by atoms with van der Waals surface area (Å²) in [5.74, 6) is -0.916. The molecule has 22 heavy (non-hydrogen) atoms. The van der Waals surface area contributed by atoms with Crippen molar-refractivity contribution in [3.05, 3.63) is 65.5 Å². The van der Waals surface area contributed by atoms with E-state index < -0.39 is 11.7 Å².